The highest BCUT2D eigenvalue weighted by Gasteiger charge is 2.30. The molecule has 0 heterocycles. The lowest BCUT2D eigenvalue weighted by atomic mass is 10.1. The number of aliphatic carboxylic acids is 1. The minimum atomic E-state index is -1.94. The van der Waals surface area contributed by atoms with E-state index in [1.165, 1.54) is 0 Å². The van der Waals surface area contributed by atoms with E-state index in [0.717, 1.165) is 32.6 Å². The number of carboxylic acid groups (broad SMARTS) is 1. The number of amides is 2. The summed E-state index contributed by atoms with van der Waals surface area (Å²) in [6, 6.07) is -0.424. The largest absolute Gasteiger partial charge is 0.479 e. The normalized spacial score (nSPS) is 15.6. The lowest BCUT2D eigenvalue weighted by Crippen LogP contribution is -2.50. The maximum atomic E-state index is 11.4. The zero-order chi connectivity index (χ0) is 14.2. The fourth-order valence-corrected chi connectivity index (χ4v) is 1.38. The Bertz CT molecular complexity index is 279. The molecule has 0 saturated heterocycles. The van der Waals surface area contributed by atoms with Gasteiger partial charge >= 0.3 is 12.0 Å². The van der Waals surface area contributed by atoms with E-state index in [4.69, 9.17) is 5.11 Å². The van der Waals surface area contributed by atoms with Crippen molar-refractivity contribution in [1.82, 2.24) is 10.6 Å². The summed E-state index contributed by atoms with van der Waals surface area (Å²) in [5.74, 6) is -1.36. The third-order valence-corrected chi connectivity index (χ3v) is 2.67. The van der Waals surface area contributed by atoms with Crippen LogP contribution in [0.25, 0.3) is 0 Å². The zero-order valence-corrected chi connectivity index (χ0v) is 11.3. The molecule has 2 atom stereocenters. The Morgan fingerprint density at radius 1 is 1.33 bits per heavy atom. The minimum Gasteiger partial charge on any atom is -0.479 e. The molecule has 2 amide bonds. The van der Waals surface area contributed by atoms with Crippen LogP contribution >= 0.6 is 0 Å². The van der Waals surface area contributed by atoms with Crippen LogP contribution in [0.2, 0.25) is 0 Å². The van der Waals surface area contributed by atoms with E-state index in [-0.39, 0.29) is 12.6 Å². The molecule has 0 aliphatic heterocycles. The number of rotatable bonds is 8. The van der Waals surface area contributed by atoms with Crippen molar-refractivity contribution in [3.8, 4) is 0 Å². The van der Waals surface area contributed by atoms with Gasteiger partial charge in [-0.1, -0.05) is 26.2 Å². The van der Waals surface area contributed by atoms with Gasteiger partial charge in [-0.05, 0) is 20.3 Å². The Kier molecular flexibility index (Phi) is 7.35. The number of hydrogen-bond acceptors (Lipinski definition) is 3. The van der Waals surface area contributed by atoms with Crippen LogP contribution in [-0.2, 0) is 4.79 Å². The molecule has 0 radical (unpaired) electrons. The second-order valence-electron chi connectivity index (χ2n) is 4.80. The van der Waals surface area contributed by atoms with Gasteiger partial charge in [0.25, 0.3) is 0 Å². The molecule has 0 aliphatic rings. The van der Waals surface area contributed by atoms with E-state index in [1.54, 1.807) is 0 Å². The van der Waals surface area contributed by atoms with E-state index in [9.17, 15) is 14.7 Å². The van der Waals surface area contributed by atoms with Crippen LogP contribution < -0.4 is 10.6 Å². The van der Waals surface area contributed by atoms with Crippen molar-refractivity contribution in [2.45, 2.75) is 58.1 Å². The summed E-state index contributed by atoms with van der Waals surface area (Å²) >= 11 is 0. The molecule has 18 heavy (non-hydrogen) atoms. The number of carboxylic acids is 1. The number of hydrogen-bond donors (Lipinski definition) is 4. The molecule has 0 saturated carbocycles. The van der Waals surface area contributed by atoms with Crippen LogP contribution in [0, 0.1) is 0 Å². The van der Waals surface area contributed by atoms with Crippen molar-refractivity contribution < 1.29 is 19.8 Å². The Morgan fingerprint density at radius 2 is 1.94 bits per heavy atom. The highest BCUT2D eigenvalue weighted by molar-refractivity contribution is 5.79. The van der Waals surface area contributed by atoms with Gasteiger partial charge in [-0.3, -0.25) is 0 Å². The monoisotopic (exact) mass is 260 g/mol. The fourth-order valence-electron chi connectivity index (χ4n) is 1.38. The zero-order valence-electron chi connectivity index (χ0n) is 11.3. The molecule has 6 heteroatoms. The number of urea groups is 1. The van der Waals surface area contributed by atoms with E-state index >= 15 is 0 Å². The summed E-state index contributed by atoms with van der Waals surface area (Å²) in [7, 11) is 0. The van der Waals surface area contributed by atoms with Gasteiger partial charge < -0.3 is 20.8 Å². The third kappa shape index (κ3) is 7.11. The molecule has 0 rings (SSSR count). The van der Waals surface area contributed by atoms with Crippen LogP contribution in [0.4, 0.5) is 4.79 Å². The first-order chi connectivity index (χ1) is 8.29. The van der Waals surface area contributed by atoms with Gasteiger partial charge in [-0.15, -0.1) is 0 Å². The van der Waals surface area contributed by atoms with Gasteiger partial charge in [0.2, 0.25) is 0 Å². The van der Waals surface area contributed by atoms with E-state index in [2.05, 4.69) is 17.6 Å². The standard InChI is InChI=1S/C12H24N2O4/c1-4-5-6-7-9(2)14-11(17)13-8-12(3,18)10(15)16/h9,18H,4-8H2,1-3H3,(H,15,16)(H2,13,14,17). The molecule has 0 fully saturated rings. The van der Waals surface area contributed by atoms with Crippen molar-refractivity contribution in [2.24, 2.45) is 0 Å². The second-order valence-corrected chi connectivity index (χ2v) is 4.80. The summed E-state index contributed by atoms with van der Waals surface area (Å²) in [5, 5.41) is 23.1. The number of nitrogens with one attached hydrogen (secondary N) is 2. The van der Waals surface area contributed by atoms with Crippen molar-refractivity contribution in [2.75, 3.05) is 6.54 Å². The molecular weight excluding hydrogens is 236 g/mol. The molecule has 0 aromatic carbocycles. The first kappa shape index (κ1) is 16.7. The molecule has 0 aromatic rings. The Labute approximate surface area is 108 Å². The predicted octanol–water partition coefficient (Wildman–Crippen LogP) is 1.09. The lowest BCUT2D eigenvalue weighted by molar-refractivity contribution is -0.155. The third-order valence-electron chi connectivity index (χ3n) is 2.67. The Morgan fingerprint density at radius 3 is 2.44 bits per heavy atom. The number of aliphatic hydroxyl groups is 1. The molecule has 2 unspecified atom stereocenters. The van der Waals surface area contributed by atoms with Gasteiger partial charge in [0.15, 0.2) is 5.60 Å². The average Bonchev–Trinajstić information content (AvgIpc) is 2.26. The van der Waals surface area contributed by atoms with Crippen LogP contribution in [0.3, 0.4) is 0 Å². The van der Waals surface area contributed by atoms with Gasteiger partial charge in [-0.2, -0.15) is 0 Å². The van der Waals surface area contributed by atoms with Crippen molar-refractivity contribution in [3.05, 3.63) is 0 Å². The topological polar surface area (TPSA) is 98.7 Å². The molecule has 0 bridgehead atoms. The van der Waals surface area contributed by atoms with Crippen LogP contribution in [0.1, 0.15) is 46.5 Å². The second kappa shape index (κ2) is 7.92. The van der Waals surface area contributed by atoms with Crippen molar-refractivity contribution >= 4 is 12.0 Å². The molecule has 4 N–H and O–H groups in total. The van der Waals surface area contributed by atoms with E-state index in [1.807, 2.05) is 6.92 Å². The lowest BCUT2D eigenvalue weighted by Gasteiger charge is -2.20. The quantitative estimate of drug-likeness (QED) is 0.491. The maximum Gasteiger partial charge on any atom is 0.337 e. The van der Waals surface area contributed by atoms with Gasteiger partial charge in [0, 0.05) is 6.04 Å². The molecule has 0 aliphatic carbocycles. The molecule has 0 aromatic heterocycles. The fraction of sp³-hybridized carbons (Fsp3) is 0.833. The Balaban J connectivity index is 3.87. The summed E-state index contributed by atoms with van der Waals surface area (Å²) in [5.41, 5.74) is -1.94. The number of unbranched alkanes of at least 4 members (excludes halogenated alkanes) is 2. The molecular formula is C12H24N2O4. The average molecular weight is 260 g/mol. The maximum absolute atomic E-state index is 11.4. The van der Waals surface area contributed by atoms with Crippen LogP contribution in [-0.4, -0.2) is 40.4 Å². The van der Waals surface area contributed by atoms with Gasteiger partial charge in [0.1, 0.15) is 0 Å². The highest BCUT2D eigenvalue weighted by Crippen LogP contribution is 2.03. The SMILES string of the molecule is CCCCCC(C)NC(=O)NCC(C)(O)C(=O)O. The van der Waals surface area contributed by atoms with Gasteiger partial charge in [0.05, 0.1) is 6.54 Å². The minimum absolute atomic E-state index is 0.0336. The first-order valence-corrected chi connectivity index (χ1v) is 6.29. The summed E-state index contributed by atoms with van der Waals surface area (Å²) in [6.07, 6.45) is 4.18. The number of carbonyl (C=O) groups is 2. The highest BCUT2D eigenvalue weighted by atomic mass is 16.4. The molecule has 0 spiro atoms. The molecule has 106 valence electrons. The van der Waals surface area contributed by atoms with Crippen LogP contribution in [0.15, 0.2) is 0 Å². The first-order valence-electron chi connectivity index (χ1n) is 6.29. The predicted molar refractivity (Wildman–Crippen MR) is 68.4 cm³/mol. The van der Waals surface area contributed by atoms with E-state index in [0.29, 0.717) is 0 Å². The van der Waals surface area contributed by atoms with Crippen molar-refractivity contribution in [1.29, 1.82) is 0 Å². The Hall–Kier alpha value is -1.30. The molecule has 6 nitrogen and oxygen atoms in total. The van der Waals surface area contributed by atoms with E-state index < -0.39 is 17.6 Å². The summed E-state index contributed by atoms with van der Waals surface area (Å²) < 4.78 is 0. The van der Waals surface area contributed by atoms with Crippen molar-refractivity contribution in [3.63, 3.8) is 0 Å². The number of carbonyl (C=O) groups excluding carboxylic acids is 1. The van der Waals surface area contributed by atoms with Crippen LogP contribution in [0.5, 0.6) is 0 Å². The smallest absolute Gasteiger partial charge is 0.337 e. The van der Waals surface area contributed by atoms with Gasteiger partial charge in [-0.25, -0.2) is 9.59 Å². The summed E-state index contributed by atoms with van der Waals surface area (Å²) in [6.45, 7) is 4.82. The summed E-state index contributed by atoms with van der Waals surface area (Å²) in [4.78, 5) is 22.0.